The van der Waals surface area contributed by atoms with E-state index in [1.54, 1.807) is 33.5 Å². The second kappa shape index (κ2) is 9.03. The van der Waals surface area contributed by atoms with E-state index in [-0.39, 0.29) is 5.91 Å². The fraction of sp³-hybridized carbons (Fsp3) is 0.462. The Bertz CT molecular complexity index is 458. The van der Waals surface area contributed by atoms with Crippen LogP contribution >= 0.6 is 0 Å². The molecular weight excluding hydrogens is 305 g/mol. The van der Waals surface area contributed by atoms with Gasteiger partial charge in [-0.2, -0.15) is 0 Å². The van der Waals surface area contributed by atoms with Gasteiger partial charge in [0.1, 0.15) is 0 Å². The summed E-state index contributed by atoms with van der Waals surface area (Å²) < 4.78 is 15.9. The molecule has 0 aliphatic rings. The molecule has 0 aromatic heterocycles. The van der Waals surface area contributed by atoms with Crippen molar-refractivity contribution in [3.63, 3.8) is 0 Å². The van der Waals surface area contributed by atoms with Gasteiger partial charge in [-0.25, -0.2) is 0 Å². The zero-order valence-electron chi connectivity index (χ0n) is 13.0. The molecule has 0 heterocycles. The molecule has 0 radical (unpaired) electrons. The lowest BCUT2D eigenvalue weighted by atomic mass is 9.80. The molecule has 1 aromatic carbocycles. The molecule has 0 fully saturated rings. The lowest BCUT2D eigenvalue weighted by molar-refractivity contribution is 0.0949. The zero-order chi connectivity index (χ0) is 16.6. The van der Waals surface area contributed by atoms with Gasteiger partial charge in [-0.3, -0.25) is 4.79 Å². The Morgan fingerprint density at radius 3 is 2.14 bits per heavy atom. The summed E-state index contributed by atoms with van der Waals surface area (Å²) in [5.41, 5.74) is 0.797. The molecule has 1 amide bonds. The van der Waals surface area contributed by atoms with Crippen molar-refractivity contribution in [3.05, 3.63) is 29.8 Å². The van der Waals surface area contributed by atoms with E-state index in [9.17, 15) is 4.79 Å². The predicted octanol–water partition coefficient (Wildman–Crippen LogP) is -0.636. The Labute approximate surface area is 131 Å². The third kappa shape index (κ3) is 5.20. The van der Waals surface area contributed by atoms with Crippen molar-refractivity contribution in [1.82, 2.24) is 5.32 Å². The lowest BCUT2D eigenvalue weighted by Crippen LogP contribution is -2.43. The highest BCUT2D eigenvalue weighted by molar-refractivity contribution is 6.60. The smallest absolute Gasteiger partial charge is 0.423 e. The van der Waals surface area contributed by atoms with Crippen molar-refractivity contribution in [2.75, 3.05) is 27.9 Å². The molecule has 0 aliphatic carbocycles. The average Bonchev–Trinajstić information content (AvgIpc) is 2.55. The molecule has 0 aliphatic heterocycles. The van der Waals surface area contributed by atoms with Crippen molar-refractivity contribution >= 4 is 27.3 Å². The summed E-state index contributed by atoms with van der Waals surface area (Å²) in [6.45, 7) is 0.466. The van der Waals surface area contributed by atoms with Gasteiger partial charge in [0.05, 0.1) is 0 Å². The van der Waals surface area contributed by atoms with Crippen LogP contribution in [0.25, 0.3) is 0 Å². The van der Waals surface area contributed by atoms with E-state index in [1.807, 2.05) is 0 Å². The number of hydrogen-bond acceptors (Lipinski definition) is 6. The molecular formula is C13H22BNO6Si. The summed E-state index contributed by atoms with van der Waals surface area (Å²) in [5.74, 6) is -0.224. The van der Waals surface area contributed by atoms with Crippen LogP contribution in [0.1, 0.15) is 16.8 Å². The minimum Gasteiger partial charge on any atom is -0.423 e. The summed E-state index contributed by atoms with van der Waals surface area (Å²) in [6, 6.07) is 6.69. The van der Waals surface area contributed by atoms with E-state index in [0.717, 1.165) is 0 Å². The van der Waals surface area contributed by atoms with Gasteiger partial charge in [0, 0.05) is 39.5 Å². The third-order valence-corrected chi connectivity index (χ3v) is 6.18. The van der Waals surface area contributed by atoms with Crippen LogP contribution in [0, 0.1) is 0 Å². The fourth-order valence-corrected chi connectivity index (χ4v) is 3.69. The van der Waals surface area contributed by atoms with Crippen LogP contribution in [0.3, 0.4) is 0 Å². The Morgan fingerprint density at radius 1 is 1.14 bits per heavy atom. The number of carbonyl (C=O) groups excluding carboxylic acids is 1. The van der Waals surface area contributed by atoms with Crippen molar-refractivity contribution in [2.24, 2.45) is 0 Å². The fourth-order valence-electron chi connectivity index (χ4n) is 1.97. The molecule has 1 rings (SSSR count). The van der Waals surface area contributed by atoms with Crippen LogP contribution in [0.5, 0.6) is 0 Å². The Balaban J connectivity index is 2.43. The molecule has 0 unspecified atom stereocenters. The molecule has 7 nitrogen and oxygen atoms in total. The zero-order valence-corrected chi connectivity index (χ0v) is 14.0. The summed E-state index contributed by atoms with van der Waals surface area (Å²) in [5, 5.41) is 20.8. The van der Waals surface area contributed by atoms with Crippen LogP contribution in [-0.2, 0) is 13.3 Å². The highest BCUT2D eigenvalue weighted by Gasteiger charge is 2.36. The molecule has 122 valence electrons. The van der Waals surface area contributed by atoms with E-state index >= 15 is 0 Å². The topological polar surface area (TPSA) is 97.3 Å². The maximum Gasteiger partial charge on any atom is 0.500 e. The van der Waals surface area contributed by atoms with Crippen LogP contribution in [0.15, 0.2) is 24.3 Å². The number of hydrogen-bond donors (Lipinski definition) is 3. The predicted molar refractivity (Wildman–Crippen MR) is 84.8 cm³/mol. The van der Waals surface area contributed by atoms with Gasteiger partial charge in [0.15, 0.2) is 0 Å². The number of nitrogens with one attached hydrogen (secondary N) is 1. The normalized spacial score (nSPS) is 11.3. The van der Waals surface area contributed by atoms with Gasteiger partial charge in [-0.05, 0) is 24.0 Å². The van der Waals surface area contributed by atoms with Gasteiger partial charge >= 0.3 is 15.9 Å². The first-order valence-electron chi connectivity index (χ1n) is 6.87. The Hall–Kier alpha value is -1.23. The monoisotopic (exact) mass is 327 g/mol. The van der Waals surface area contributed by atoms with E-state index in [4.69, 9.17) is 23.3 Å². The molecule has 0 spiro atoms. The lowest BCUT2D eigenvalue weighted by Gasteiger charge is -2.24. The molecule has 0 saturated heterocycles. The molecule has 22 heavy (non-hydrogen) atoms. The third-order valence-electron chi connectivity index (χ3n) is 3.35. The minimum atomic E-state index is -2.60. The van der Waals surface area contributed by atoms with E-state index in [0.29, 0.717) is 30.0 Å². The van der Waals surface area contributed by atoms with E-state index in [2.05, 4.69) is 5.32 Å². The van der Waals surface area contributed by atoms with Gasteiger partial charge in [-0.15, -0.1) is 0 Å². The first-order valence-corrected chi connectivity index (χ1v) is 8.81. The summed E-state index contributed by atoms with van der Waals surface area (Å²) in [4.78, 5) is 11.9. The largest absolute Gasteiger partial charge is 0.500 e. The van der Waals surface area contributed by atoms with Gasteiger partial charge in [-0.1, -0.05) is 12.1 Å². The maximum absolute atomic E-state index is 11.9. The molecule has 9 heteroatoms. The summed E-state index contributed by atoms with van der Waals surface area (Å²) in [7, 11) is 0.521. The first-order chi connectivity index (χ1) is 10.5. The van der Waals surface area contributed by atoms with Crippen LogP contribution < -0.4 is 10.8 Å². The van der Waals surface area contributed by atoms with E-state index in [1.165, 1.54) is 12.1 Å². The highest BCUT2D eigenvalue weighted by Crippen LogP contribution is 2.14. The van der Waals surface area contributed by atoms with Crippen LogP contribution in [0.4, 0.5) is 0 Å². The molecule has 0 atom stereocenters. The number of carbonyl (C=O) groups is 1. The van der Waals surface area contributed by atoms with Crippen molar-refractivity contribution in [1.29, 1.82) is 0 Å². The SMILES string of the molecule is CO[Si](CCCNC(=O)c1ccc(B(O)O)cc1)(OC)OC. The van der Waals surface area contributed by atoms with Crippen molar-refractivity contribution in [3.8, 4) is 0 Å². The van der Waals surface area contributed by atoms with E-state index < -0.39 is 15.9 Å². The number of rotatable bonds is 9. The molecule has 1 aromatic rings. The number of benzene rings is 1. The van der Waals surface area contributed by atoms with Gasteiger partial charge < -0.3 is 28.6 Å². The maximum atomic E-state index is 11.9. The van der Waals surface area contributed by atoms with Crippen molar-refractivity contribution < 1.29 is 28.1 Å². The quantitative estimate of drug-likeness (QED) is 0.413. The Kier molecular flexibility index (Phi) is 7.73. The average molecular weight is 327 g/mol. The minimum absolute atomic E-state index is 0.224. The van der Waals surface area contributed by atoms with Gasteiger partial charge in [0.2, 0.25) is 0 Å². The van der Waals surface area contributed by atoms with Crippen molar-refractivity contribution in [2.45, 2.75) is 12.5 Å². The second-order valence-electron chi connectivity index (χ2n) is 4.65. The molecule has 0 saturated carbocycles. The first kappa shape index (κ1) is 18.8. The summed E-state index contributed by atoms with van der Waals surface area (Å²) >= 11 is 0. The Morgan fingerprint density at radius 2 is 1.68 bits per heavy atom. The standard InChI is InChI=1S/C13H22BNO6Si/c1-19-22(20-2,21-3)10-4-9-15-13(16)11-5-7-12(8-6-11)14(17)18/h5-8,17-18H,4,9-10H2,1-3H3,(H,15,16). The molecule has 0 bridgehead atoms. The second-order valence-corrected chi connectivity index (χ2v) is 7.74. The molecule has 3 N–H and O–H groups in total. The van der Waals surface area contributed by atoms with Gasteiger partial charge in [0.25, 0.3) is 5.91 Å². The summed E-state index contributed by atoms with van der Waals surface area (Å²) in [6.07, 6.45) is 0.668. The van der Waals surface area contributed by atoms with Crippen LogP contribution in [-0.4, -0.2) is 59.8 Å². The highest BCUT2D eigenvalue weighted by atomic mass is 28.4. The van der Waals surface area contributed by atoms with Crippen LogP contribution in [0.2, 0.25) is 6.04 Å². The number of amides is 1.